The molecule has 0 radical (unpaired) electrons. The molecule has 1 aromatic carbocycles. The Morgan fingerprint density at radius 3 is 2.91 bits per heavy atom. The highest BCUT2D eigenvalue weighted by molar-refractivity contribution is 9.10. The van der Waals surface area contributed by atoms with Crippen LogP contribution in [0.15, 0.2) is 28.7 Å². The van der Waals surface area contributed by atoms with E-state index in [1.54, 1.807) is 4.90 Å². The van der Waals surface area contributed by atoms with Crippen molar-refractivity contribution in [1.82, 2.24) is 9.80 Å². The smallest absolute Gasteiger partial charge is 0.236 e. The van der Waals surface area contributed by atoms with E-state index in [-0.39, 0.29) is 24.4 Å². The van der Waals surface area contributed by atoms with Crippen molar-refractivity contribution in [3.8, 4) is 0 Å². The zero-order valence-corrected chi connectivity index (χ0v) is 15.1. The first-order valence-electron chi connectivity index (χ1n) is 7.11. The third-order valence-electron chi connectivity index (χ3n) is 3.64. The van der Waals surface area contributed by atoms with Crippen molar-refractivity contribution in [2.45, 2.75) is 12.6 Å². The molecule has 22 heavy (non-hydrogen) atoms. The molecule has 7 heteroatoms. The van der Waals surface area contributed by atoms with Gasteiger partial charge >= 0.3 is 0 Å². The van der Waals surface area contributed by atoms with Crippen molar-refractivity contribution in [2.75, 3.05) is 39.8 Å². The number of halogens is 2. The van der Waals surface area contributed by atoms with Crippen LogP contribution in [-0.4, -0.2) is 61.6 Å². The molecule has 0 aliphatic carbocycles. The number of benzene rings is 1. The van der Waals surface area contributed by atoms with Crippen molar-refractivity contribution in [2.24, 2.45) is 5.73 Å². The highest BCUT2D eigenvalue weighted by Gasteiger charge is 2.22. The van der Waals surface area contributed by atoms with E-state index >= 15 is 0 Å². The summed E-state index contributed by atoms with van der Waals surface area (Å²) in [5.41, 5.74) is 6.73. The lowest BCUT2D eigenvalue weighted by atomic mass is 10.2. The van der Waals surface area contributed by atoms with Gasteiger partial charge in [0.25, 0.3) is 0 Å². The number of morpholine rings is 1. The fourth-order valence-corrected chi connectivity index (χ4v) is 2.76. The van der Waals surface area contributed by atoms with Gasteiger partial charge in [0, 0.05) is 37.7 Å². The van der Waals surface area contributed by atoms with Crippen LogP contribution < -0.4 is 5.73 Å². The van der Waals surface area contributed by atoms with Gasteiger partial charge < -0.3 is 15.4 Å². The molecule has 0 bridgehead atoms. The summed E-state index contributed by atoms with van der Waals surface area (Å²) < 4.78 is 6.54. The second-order valence-electron chi connectivity index (χ2n) is 5.30. The molecule has 1 heterocycles. The third kappa shape index (κ3) is 5.52. The molecule has 1 unspecified atom stereocenters. The fourth-order valence-electron chi connectivity index (χ4n) is 2.35. The number of amides is 1. The van der Waals surface area contributed by atoms with Gasteiger partial charge in [-0.25, -0.2) is 0 Å². The average molecular weight is 393 g/mol. The van der Waals surface area contributed by atoms with Crippen LogP contribution in [0.3, 0.4) is 0 Å². The van der Waals surface area contributed by atoms with E-state index in [2.05, 4.69) is 20.8 Å². The van der Waals surface area contributed by atoms with Crippen LogP contribution in [0.25, 0.3) is 0 Å². The Morgan fingerprint density at radius 1 is 1.50 bits per heavy atom. The Hall–Kier alpha value is -0.660. The topological polar surface area (TPSA) is 58.8 Å². The molecule has 1 aliphatic heterocycles. The Labute approximate surface area is 146 Å². The van der Waals surface area contributed by atoms with Crippen LogP contribution in [0.2, 0.25) is 0 Å². The van der Waals surface area contributed by atoms with Gasteiger partial charge in [-0.1, -0.05) is 34.1 Å². The summed E-state index contributed by atoms with van der Waals surface area (Å²) >= 11 is 3.51. The fraction of sp³-hybridized carbons (Fsp3) is 0.533. The lowest BCUT2D eigenvalue weighted by molar-refractivity contribution is -0.133. The third-order valence-corrected chi connectivity index (χ3v) is 4.41. The minimum atomic E-state index is 0. The summed E-state index contributed by atoms with van der Waals surface area (Å²) in [5, 5.41) is 0. The second kappa shape index (κ2) is 9.47. The number of ether oxygens (including phenoxy) is 1. The van der Waals surface area contributed by atoms with Gasteiger partial charge in [0.2, 0.25) is 5.91 Å². The molecular weight excluding hydrogens is 370 g/mol. The Bertz CT molecular complexity index is 490. The number of carbonyl (C=O) groups excluding carboxylic acids is 1. The number of nitrogens with two attached hydrogens (primary N) is 1. The maximum atomic E-state index is 12.3. The van der Waals surface area contributed by atoms with Crippen molar-refractivity contribution < 1.29 is 9.53 Å². The van der Waals surface area contributed by atoms with Crippen molar-refractivity contribution in [3.05, 3.63) is 34.3 Å². The molecule has 0 saturated carbocycles. The Morgan fingerprint density at radius 2 is 2.23 bits per heavy atom. The Kier molecular flexibility index (Phi) is 8.35. The molecule has 124 valence electrons. The van der Waals surface area contributed by atoms with Gasteiger partial charge in [-0.05, 0) is 11.6 Å². The molecule has 2 N–H and O–H groups in total. The zero-order valence-electron chi connectivity index (χ0n) is 12.7. The minimum Gasteiger partial charge on any atom is -0.374 e. The summed E-state index contributed by atoms with van der Waals surface area (Å²) in [6.07, 6.45) is 0.0418. The standard InChI is InChI=1S/C15H22BrN3O2.ClH/c1-18(9-12-4-2-3-5-14(12)16)15(20)11-19-6-7-21-13(8-17)10-19;/h2-5,13H,6-11,17H2,1H3;1H. The van der Waals surface area contributed by atoms with Crippen molar-refractivity contribution in [1.29, 1.82) is 0 Å². The monoisotopic (exact) mass is 391 g/mol. The largest absolute Gasteiger partial charge is 0.374 e. The number of hydrogen-bond donors (Lipinski definition) is 1. The first-order chi connectivity index (χ1) is 10.1. The predicted octanol–water partition coefficient (Wildman–Crippen LogP) is 1.49. The van der Waals surface area contributed by atoms with Crippen LogP contribution in [0, 0.1) is 0 Å². The molecule has 2 rings (SSSR count). The van der Waals surface area contributed by atoms with Crippen molar-refractivity contribution >= 4 is 34.2 Å². The van der Waals surface area contributed by atoms with Gasteiger partial charge in [0.15, 0.2) is 0 Å². The number of likely N-dealkylation sites (N-methyl/N-ethyl adjacent to an activating group) is 1. The number of rotatable bonds is 5. The summed E-state index contributed by atoms with van der Waals surface area (Å²) in [7, 11) is 1.84. The molecule has 1 atom stereocenters. The van der Waals surface area contributed by atoms with Gasteiger partial charge in [0.05, 0.1) is 19.3 Å². The SMILES string of the molecule is CN(Cc1ccccc1Br)C(=O)CN1CCOC(CN)C1.Cl. The molecule has 1 aliphatic rings. The quantitative estimate of drug-likeness (QED) is 0.825. The molecule has 5 nitrogen and oxygen atoms in total. The Balaban J connectivity index is 0.00000242. The minimum absolute atomic E-state index is 0. The molecule has 0 spiro atoms. The zero-order chi connectivity index (χ0) is 15.2. The summed E-state index contributed by atoms with van der Waals surface area (Å²) in [5.74, 6) is 0.114. The summed E-state index contributed by atoms with van der Waals surface area (Å²) in [6.45, 7) is 3.67. The first-order valence-corrected chi connectivity index (χ1v) is 7.91. The highest BCUT2D eigenvalue weighted by atomic mass is 79.9. The maximum Gasteiger partial charge on any atom is 0.236 e. The van der Waals surface area contributed by atoms with Crippen molar-refractivity contribution in [3.63, 3.8) is 0 Å². The van der Waals surface area contributed by atoms with Crippen LogP contribution in [-0.2, 0) is 16.1 Å². The van der Waals surface area contributed by atoms with E-state index in [1.165, 1.54) is 0 Å². The molecule has 1 saturated heterocycles. The van der Waals surface area contributed by atoms with E-state index in [0.29, 0.717) is 26.2 Å². The lowest BCUT2D eigenvalue weighted by Gasteiger charge is -2.32. The van der Waals surface area contributed by atoms with Crippen LogP contribution in [0.1, 0.15) is 5.56 Å². The molecule has 1 aromatic rings. The number of hydrogen-bond acceptors (Lipinski definition) is 4. The van der Waals surface area contributed by atoms with E-state index < -0.39 is 0 Å². The highest BCUT2D eigenvalue weighted by Crippen LogP contribution is 2.17. The van der Waals surface area contributed by atoms with E-state index in [4.69, 9.17) is 10.5 Å². The number of carbonyl (C=O) groups is 1. The van der Waals surface area contributed by atoms with Gasteiger partial charge in [0.1, 0.15) is 0 Å². The average Bonchev–Trinajstić information content (AvgIpc) is 2.49. The summed E-state index contributed by atoms with van der Waals surface area (Å²) in [6, 6.07) is 7.96. The molecule has 1 amide bonds. The van der Waals surface area contributed by atoms with E-state index in [1.807, 2.05) is 31.3 Å². The normalized spacial score (nSPS) is 18.6. The van der Waals surface area contributed by atoms with Gasteiger partial charge in [-0.2, -0.15) is 0 Å². The lowest BCUT2D eigenvalue weighted by Crippen LogP contribution is -2.49. The van der Waals surface area contributed by atoms with E-state index in [0.717, 1.165) is 23.1 Å². The summed E-state index contributed by atoms with van der Waals surface area (Å²) in [4.78, 5) is 16.2. The van der Waals surface area contributed by atoms with Crippen LogP contribution in [0.5, 0.6) is 0 Å². The molecule has 1 fully saturated rings. The molecular formula is C15H23BrClN3O2. The van der Waals surface area contributed by atoms with Crippen LogP contribution >= 0.6 is 28.3 Å². The second-order valence-corrected chi connectivity index (χ2v) is 6.16. The van der Waals surface area contributed by atoms with E-state index in [9.17, 15) is 4.79 Å². The maximum absolute atomic E-state index is 12.3. The molecule has 0 aromatic heterocycles. The number of nitrogens with zero attached hydrogens (tertiary/aromatic N) is 2. The van der Waals surface area contributed by atoms with Gasteiger partial charge in [-0.15, -0.1) is 12.4 Å². The van der Waals surface area contributed by atoms with Gasteiger partial charge in [-0.3, -0.25) is 9.69 Å². The predicted molar refractivity (Wildman–Crippen MR) is 93.1 cm³/mol. The van der Waals surface area contributed by atoms with Crippen LogP contribution in [0.4, 0.5) is 0 Å². The first kappa shape index (κ1) is 19.4.